The molecule has 1 saturated heterocycles. The number of rotatable bonds is 4. The molecule has 1 aliphatic heterocycles. The number of amides is 1. The summed E-state index contributed by atoms with van der Waals surface area (Å²) >= 11 is 0. The highest BCUT2D eigenvalue weighted by Gasteiger charge is 2.41. The van der Waals surface area contributed by atoms with Gasteiger partial charge in [0.25, 0.3) is 0 Å². The maximum absolute atomic E-state index is 11.7. The van der Waals surface area contributed by atoms with Crippen LogP contribution in [0.2, 0.25) is 0 Å². The highest BCUT2D eigenvalue weighted by Crippen LogP contribution is 2.45. The minimum absolute atomic E-state index is 0.0255. The van der Waals surface area contributed by atoms with E-state index in [0.29, 0.717) is 35.1 Å². The molecule has 0 saturated carbocycles. The number of carbonyl (C=O) groups excluding carboxylic acids is 1. The van der Waals surface area contributed by atoms with Gasteiger partial charge in [0.05, 0.1) is 17.7 Å². The number of hydrogen-bond acceptors (Lipinski definition) is 6. The van der Waals surface area contributed by atoms with Gasteiger partial charge in [-0.05, 0) is 61.6 Å². The van der Waals surface area contributed by atoms with Crippen LogP contribution in [0.5, 0.6) is 5.75 Å². The van der Waals surface area contributed by atoms with Gasteiger partial charge in [-0.2, -0.15) is 5.26 Å². The summed E-state index contributed by atoms with van der Waals surface area (Å²) in [6.07, 6.45) is 1.34. The summed E-state index contributed by atoms with van der Waals surface area (Å²) in [5, 5.41) is 21.0. The fourth-order valence-corrected chi connectivity index (χ4v) is 4.37. The smallest absolute Gasteiger partial charge is 0.248 e. The zero-order valence-electron chi connectivity index (χ0n) is 16.7. The molecule has 30 heavy (non-hydrogen) atoms. The maximum Gasteiger partial charge on any atom is 0.248 e. The van der Waals surface area contributed by atoms with E-state index in [1.54, 1.807) is 12.1 Å². The van der Waals surface area contributed by atoms with E-state index in [1.165, 1.54) is 0 Å². The fraction of sp³-hybridized carbons (Fsp3) is 0.304. The molecule has 2 aliphatic rings. The van der Waals surface area contributed by atoms with Crippen LogP contribution in [-0.4, -0.2) is 22.2 Å². The van der Waals surface area contributed by atoms with Crippen molar-refractivity contribution in [1.82, 2.24) is 15.5 Å². The normalized spacial score (nSPS) is 19.3. The number of benzene rings is 2. The van der Waals surface area contributed by atoms with E-state index in [4.69, 9.17) is 9.15 Å². The molecule has 0 spiro atoms. The maximum atomic E-state index is 11.7. The molecule has 5 rings (SSSR count). The second kappa shape index (κ2) is 6.99. The predicted molar refractivity (Wildman–Crippen MR) is 108 cm³/mol. The Kier molecular flexibility index (Phi) is 4.28. The molecule has 150 valence electrons. The molecule has 7 nitrogen and oxygen atoms in total. The lowest BCUT2D eigenvalue weighted by atomic mass is 10.0. The van der Waals surface area contributed by atoms with Gasteiger partial charge in [-0.1, -0.05) is 12.1 Å². The van der Waals surface area contributed by atoms with Crippen molar-refractivity contribution in [2.75, 3.05) is 0 Å². The monoisotopic (exact) mass is 400 g/mol. The zero-order chi connectivity index (χ0) is 20.8. The quantitative estimate of drug-likeness (QED) is 0.715. The standard InChI is InChI=1S/C23H20N4O3/c1-12(2)29-19-7-6-13(8-15(19)11-24)22-26-27-23(30-22)17-5-3-4-16-18(17)9-14-10-20(28)25-21(14)16/h3-8,12,14,21H,9-10H2,1-2H3,(H,25,28)/t14?,21-/m0/s1. The molecular formula is C23H20N4O3. The first-order valence-corrected chi connectivity index (χ1v) is 9.99. The minimum atomic E-state index is -0.0255. The molecule has 1 aromatic heterocycles. The van der Waals surface area contributed by atoms with Crippen LogP contribution in [0, 0.1) is 17.2 Å². The average Bonchev–Trinajstić information content (AvgIpc) is 3.42. The number of nitriles is 1. The lowest BCUT2D eigenvalue weighted by Crippen LogP contribution is -2.18. The van der Waals surface area contributed by atoms with E-state index in [1.807, 2.05) is 32.0 Å². The summed E-state index contributed by atoms with van der Waals surface area (Å²) in [5.74, 6) is 1.71. The van der Waals surface area contributed by atoms with Crippen molar-refractivity contribution in [1.29, 1.82) is 5.26 Å². The fourth-order valence-electron chi connectivity index (χ4n) is 4.37. The Labute approximate surface area is 173 Å². The van der Waals surface area contributed by atoms with Crippen molar-refractivity contribution < 1.29 is 13.9 Å². The van der Waals surface area contributed by atoms with Crippen LogP contribution in [-0.2, 0) is 11.2 Å². The molecule has 3 aromatic rings. The number of fused-ring (bicyclic) bond motifs is 3. The summed E-state index contributed by atoms with van der Waals surface area (Å²) in [6, 6.07) is 13.5. The molecule has 7 heteroatoms. The first-order chi connectivity index (χ1) is 14.5. The Hall–Kier alpha value is -3.66. The average molecular weight is 400 g/mol. The van der Waals surface area contributed by atoms with Gasteiger partial charge in [0.15, 0.2) is 0 Å². The van der Waals surface area contributed by atoms with Gasteiger partial charge in [-0.25, -0.2) is 0 Å². The van der Waals surface area contributed by atoms with Crippen LogP contribution in [0.1, 0.15) is 43.0 Å². The van der Waals surface area contributed by atoms with Crippen molar-refractivity contribution >= 4 is 5.91 Å². The summed E-state index contributed by atoms with van der Waals surface area (Å²) in [7, 11) is 0. The first-order valence-electron chi connectivity index (χ1n) is 9.99. The van der Waals surface area contributed by atoms with Crippen molar-refractivity contribution in [3.8, 4) is 34.7 Å². The van der Waals surface area contributed by atoms with E-state index in [-0.39, 0.29) is 24.0 Å². The SMILES string of the molecule is CC(C)Oc1ccc(-c2nnc(-c3cccc4c3CC3CC(=O)N[C@H]43)o2)cc1C#N. The van der Waals surface area contributed by atoms with Crippen molar-refractivity contribution in [2.45, 2.75) is 38.8 Å². The predicted octanol–water partition coefficient (Wildman–Crippen LogP) is 3.80. The van der Waals surface area contributed by atoms with Gasteiger partial charge in [-0.3, -0.25) is 4.79 Å². The van der Waals surface area contributed by atoms with Crippen LogP contribution in [0.4, 0.5) is 0 Å². The van der Waals surface area contributed by atoms with Crippen LogP contribution in [0.15, 0.2) is 40.8 Å². The lowest BCUT2D eigenvalue weighted by molar-refractivity contribution is -0.119. The van der Waals surface area contributed by atoms with Crippen LogP contribution in [0.3, 0.4) is 0 Å². The molecule has 1 unspecified atom stereocenters. The summed E-state index contributed by atoms with van der Waals surface area (Å²) in [5.41, 5.74) is 4.27. The summed E-state index contributed by atoms with van der Waals surface area (Å²) in [4.78, 5) is 11.7. The van der Waals surface area contributed by atoms with Gasteiger partial charge in [-0.15, -0.1) is 10.2 Å². The molecular weight excluding hydrogens is 380 g/mol. The lowest BCUT2D eigenvalue weighted by Gasteiger charge is -2.11. The van der Waals surface area contributed by atoms with E-state index in [9.17, 15) is 10.1 Å². The minimum Gasteiger partial charge on any atom is -0.490 e. The zero-order valence-corrected chi connectivity index (χ0v) is 16.7. The molecule has 1 N–H and O–H groups in total. The van der Waals surface area contributed by atoms with Crippen LogP contribution < -0.4 is 10.1 Å². The Balaban J connectivity index is 1.48. The molecule has 1 fully saturated rings. The Morgan fingerprint density at radius 3 is 2.83 bits per heavy atom. The molecule has 0 radical (unpaired) electrons. The molecule has 2 aromatic carbocycles. The molecule has 2 atom stereocenters. The third kappa shape index (κ3) is 3.01. The number of ether oxygens (including phenoxy) is 1. The van der Waals surface area contributed by atoms with Gasteiger partial charge in [0.1, 0.15) is 11.8 Å². The van der Waals surface area contributed by atoms with Gasteiger partial charge in [0, 0.05) is 17.5 Å². The number of aromatic nitrogens is 2. The third-order valence-corrected chi connectivity index (χ3v) is 5.61. The molecule has 1 amide bonds. The molecule has 1 aliphatic carbocycles. The van der Waals surface area contributed by atoms with E-state index in [2.05, 4.69) is 27.6 Å². The van der Waals surface area contributed by atoms with Crippen LogP contribution >= 0.6 is 0 Å². The highest BCUT2D eigenvalue weighted by molar-refractivity contribution is 5.81. The number of nitrogens with zero attached hydrogens (tertiary/aromatic N) is 3. The number of carbonyl (C=O) groups is 1. The third-order valence-electron chi connectivity index (χ3n) is 5.61. The van der Waals surface area contributed by atoms with Crippen molar-refractivity contribution in [3.63, 3.8) is 0 Å². The summed E-state index contributed by atoms with van der Waals surface area (Å²) in [6.45, 7) is 3.83. The van der Waals surface area contributed by atoms with E-state index < -0.39 is 0 Å². The highest BCUT2D eigenvalue weighted by atomic mass is 16.5. The Bertz CT molecular complexity index is 1190. The largest absolute Gasteiger partial charge is 0.490 e. The number of hydrogen-bond donors (Lipinski definition) is 1. The number of nitrogens with one attached hydrogen (secondary N) is 1. The van der Waals surface area contributed by atoms with Gasteiger partial charge in [0.2, 0.25) is 17.7 Å². The van der Waals surface area contributed by atoms with E-state index >= 15 is 0 Å². The second-order valence-electron chi connectivity index (χ2n) is 7.99. The van der Waals surface area contributed by atoms with Crippen molar-refractivity contribution in [3.05, 3.63) is 53.1 Å². The van der Waals surface area contributed by atoms with Gasteiger partial charge >= 0.3 is 0 Å². The Morgan fingerprint density at radius 2 is 2.03 bits per heavy atom. The molecule has 0 bridgehead atoms. The molecule has 2 heterocycles. The topological polar surface area (TPSA) is 101 Å². The van der Waals surface area contributed by atoms with Crippen molar-refractivity contribution in [2.24, 2.45) is 5.92 Å². The first kappa shape index (κ1) is 18.4. The second-order valence-corrected chi connectivity index (χ2v) is 7.99. The van der Waals surface area contributed by atoms with Crippen LogP contribution in [0.25, 0.3) is 22.9 Å². The van der Waals surface area contributed by atoms with Gasteiger partial charge < -0.3 is 14.5 Å². The van der Waals surface area contributed by atoms with E-state index in [0.717, 1.165) is 23.1 Å². The Morgan fingerprint density at radius 1 is 1.20 bits per heavy atom. The summed E-state index contributed by atoms with van der Waals surface area (Å²) < 4.78 is 11.7.